The van der Waals surface area contributed by atoms with E-state index in [2.05, 4.69) is 33.6 Å². The molecule has 1 unspecified atom stereocenters. The molecule has 0 aliphatic carbocycles. The van der Waals surface area contributed by atoms with Gasteiger partial charge in [-0.25, -0.2) is 0 Å². The molecule has 0 aliphatic heterocycles. The lowest BCUT2D eigenvalue weighted by molar-refractivity contribution is 0.401. The van der Waals surface area contributed by atoms with Gasteiger partial charge in [0.05, 0.1) is 30.7 Å². The van der Waals surface area contributed by atoms with E-state index in [9.17, 15) is 0 Å². The molecule has 6 nitrogen and oxygen atoms in total. The Morgan fingerprint density at radius 1 is 1.35 bits per heavy atom. The first-order valence-corrected chi connectivity index (χ1v) is 6.68. The van der Waals surface area contributed by atoms with Gasteiger partial charge in [-0.15, -0.1) is 0 Å². The van der Waals surface area contributed by atoms with Crippen LogP contribution in [0.25, 0.3) is 0 Å². The van der Waals surface area contributed by atoms with Crippen molar-refractivity contribution in [3.8, 4) is 5.75 Å². The zero-order valence-electron chi connectivity index (χ0n) is 12.6. The van der Waals surface area contributed by atoms with Gasteiger partial charge in [0.25, 0.3) is 0 Å². The normalized spacial score (nSPS) is 12.4. The minimum absolute atomic E-state index is 0.0170. The topological polar surface area (TPSA) is 64.9 Å². The van der Waals surface area contributed by atoms with Crippen LogP contribution in [0.5, 0.6) is 5.75 Å². The predicted octanol–water partition coefficient (Wildman–Crippen LogP) is 1.53. The third-order valence-electron chi connectivity index (χ3n) is 3.30. The molecular weight excluding hydrogens is 254 g/mol. The van der Waals surface area contributed by atoms with Gasteiger partial charge in [0.2, 0.25) is 0 Å². The first kappa shape index (κ1) is 14.5. The summed E-state index contributed by atoms with van der Waals surface area (Å²) in [6.45, 7) is 6.82. The molecule has 2 aromatic rings. The van der Waals surface area contributed by atoms with Crippen LogP contribution in [0, 0.1) is 13.8 Å². The fourth-order valence-electron chi connectivity index (χ4n) is 2.33. The maximum absolute atomic E-state index is 5.43. The number of aromatic nitrogens is 4. The standard InChI is InChI=1S/C14H21N5O/c1-6-15-13(11-7-9(2)17-18-10(11)3)14-12(20-5)8-16-19(14)4/h7-8,13,15H,6H2,1-5H3. The smallest absolute Gasteiger partial charge is 0.161 e. The second-order valence-corrected chi connectivity index (χ2v) is 4.74. The van der Waals surface area contributed by atoms with Crippen LogP contribution in [-0.4, -0.2) is 33.6 Å². The Kier molecular flexibility index (Phi) is 4.34. The predicted molar refractivity (Wildman–Crippen MR) is 76.8 cm³/mol. The van der Waals surface area contributed by atoms with Gasteiger partial charge in [-0.05, 0) is 26.5 Å². The molecule has 2 heterocycles. The molecule has 0 spiro atoms. The Morgan fingerprint density at radius 2 is 2.10 bits per heavy atom. The van der Waals surface area contributed by atoms with Gasteiger partial charge in [-0.1, -0.05) is 6.92 Å². The number of rotatable bonds is 5. The minimum atomic E-state index is -0.0170. The van der Waals surface area contributed by atoms with Crippen LogP contribution in [0.4, 0.5) is 0 Å². The summed E-state index contributed by atoms with van der Waals surface area (Å²) in [6, 6.07) is 2.04. The van der Waals surface area contributed by atoms with Gasteiger partial charge in [0.1, 0.15) is 5.69 Å². The van der Waals surface area contributed by atoms with Crippen molar-refractivity contribution in [1.82, 2.24) is 25.3 Å². The van der Waals surface area contributed by atoms with Crippen molar-refractivity contribution in [2.75, 3.05) is 13.7 Å². The highest BCUT2D eigenvalue weighted by atomic mass is 16.5. The molecular formula is C14H21N5O. The van der Waals surface area contributed by atoms with E-state index >= 15 is 0 Å². The maximum atomic E-state index is 5.43. The SMILES string of the molecule is CCNC(c1cc(C)nnc1C)c1c(OC)cnn1C. The Balaban J connectivity index is 2.56. The van der Waals surface area contributed by atoms with Crippen LogP contribution in [0.1, 0.15) is 35.6 Å². The molecule has 6 heteroatoms. The number of aryl methyl sites for hydroxylation is 3. The molecule has 0 saturated carbocycles. The fourth-order valence-corrected chi connectivity index (χ4v) is 2.33. The highest BCUT2D eigenvalue weighted by Gasteiger charge is 2.24. The number of hydrogen-bond donors (Lipinski definition) is 1. The molecule has 0 aromatic carbocycles. The van der Waals surface area contributed by atoms with Crippen LogP contribution in [0.2, 0.25) is 0 Å². The second-order valence-electron chi connectivity index (χ2n) is 4.74. The van der Waals surface area contributed by atoms with Crippen LogP contribution >= 0.6 is 0 Å². The molecule has 0 aliphatic rings. The summed E-state index contributed by atoms with van der Waals surface area (Å²) < 4.78 is 7.26. The van der Waals surface area contributed by atoms with Gasteiger partial charge in [0.15, 0.2) is 5.75 Å². The summed E-state index contributed by atoms with van der Waals surface area (Å²) in [5.41, 5.74) is 3.89. The van der Waals surface area contributed by atoms with Crippen molar-refractivity contribution in [3.63, 3.8) is 0 Å². The minimum Gasteiger partial charge on any atom is -0.493 e. The summed E-state index contributed by atoms with van der Waals surface area (Å²) >= 11 is 0. The molecule has 2 aromatic heterocycles. The van der Waals surface area contributed by atoms with Gasteiger partial charge in [-0.2, -0.15) is 15.3 Å². The van der Waals surface area contributed by atoms with Gasteiger partial charge >= 0.3 is 0 Å². The summed E-state index contributed by atoms with van der Waals surface area (Å²) in [5.74, 6) is 0.771. The number of ether oxygens (including phenoxy) is 1. The molecule has 0 bridgehead atoms. The Labute approximate surface area is 119 Å². The summed E-state index contributed by atoms with van der Waals surface area (Å²) in [6.07, 6.45) is 1.73. The monoisotopic (exact) mass is 275 g/mol. The quantitative estimate of drug-likeness (QED) is 0.896. The lowest BCUT2D eigenvalue weighted by Gasteiger charge is -2.21. The molecule has 0 fully saturated rings. The lowest BCUT2D eigenvalue weighted by atomic mass is 10.0. The molecule has 0 saturated heterocycles. The first-order chi connectivity index (χ1) is 9.58. The summed E-state index contributed by atoms with van der Waals surface area (Å²) in [4.78, 5) is 0. The van der Waals surface area contributed by atoms with Crippen molar-refractivity contribution >= 4 is 0 Å². The van der Waals surface area contributed by atoms with Crippen molar-refractivity contribution in [1.29, 1.82) is 0 Å². The van der Waals surface area contributed by atoms with E-state index in [1.54, 1.807) is 13.3 Å². The van der Waals surface area contributed by atoms with E-state index in [0.29, 0.717) is 0 Å². The van der Waals surface area contributed by atoms with E-state index in [1.807, 2.05) is 25.6 Å². The van der Waals surface area contributed by atoms with Gasteiger partial charge in [0, 0.05) is 12.6 Å². The Bertz CT molecular complexity index is 593. The fraction of sp³-hybridized carbons (Fsp3) is 0.500. The third kappa shape index (κ3) is 2.65. The average molecular weight is 275 g/mol. The van der Waals surface area contributed by atoms with E-state index in [-0.39, 0.29) is 6.04 Å². The summed E-state index contributed by atoms with van der Waals surface area (Å²) in [7, 11) is 3.57. The molecule has 1 N–H and O–H groups in total. The Hall–Kier alpha value is -1.95. The molecule has 2 rings (SSSR count). The van der Waals surface area contributed by atoms with Crippen LogP contribution in [0.15, 0.2) is 12.3 Å². The average Bonchev–Trinajstić information content (AvgIpc) is 2.80. The first-order valence-electron chi connectivity index (χ1n) is 6.68. The molecule has 0 radical (unpaired) electrons. The zero-order valence-corrected chi connectivity index (χ0v) is 12.6. The zero-order chi connectivity index (χ0) is 14.7. The van der Waals surface area contributed by atoms with Crippen LogP contribution < -0.4 is 10.1 Å². The van der Waals surface area contributed by atoms with Crippen LogP contribution in [-0.2, 0) is 7.05 Å². The molecule has 0 amide bonds. The summed E-state index contributed by atoms with van der Waals surface area (Å²) in [5, 5.41) is 16.1. The molecule has 20 heavy (non-hydrogen) atoms. The third-order valence-corrected chi connectivity index (χ3v) is 3.30. The highest BCUT2D eigenvalue weighted by Crippen LogP contribution is 2.30. The van der Waals surface area contributed by atoms with Crippen molar-refractivity contribution in [3.05, 3.63) is 34.9 Å². The largest absolute Gasteiger partial charge is 0.493 e. The maximum Gasteiger partial charge on any atom is 0.161 e. The number of nitrogens with one attached hydrogen (secondary N) is 1. The van der Waals surface area contributed by atoms with Crippen LogP contribution in [0.3, 0.4) is 0 Å². The highest BCUT2D eigenvalue weighted by molar-refractivity contribution is 5.38. The van der Waals surface area contributed by atoms with Crippen molar-refractivity contribution < 1.29 is 4.74 Å². The van der Waals surface area contributed by atoms with Crippen molar-refractivity contribution in [2.24, 2.45) is 7.05 Å². The second kappa shape index (κ2) is 6.00. The molecule has 108 valence electrons. The Morgan fingerprint density at radius 3 is 2.75 bits per heavy atom. The van der Waals surface area contributed by atoms with E-state index in [1.165, 1.54) is 0 Å². The molecule has 1 atom stereocenters. The van der Waals surface area contributed by atoms with Gasteiger partial charge < -0.3 is 10.1 Å². The number of methoxy groups -OCH3 is 1. The number of nitrogens with zero attached hydrogens (tertiary/aromatic N) is 4. The van der Waals surface area contributed by atoms with Crippen molar-refractivity contribution in [2.45, 2.75) is 26.8 Å². The van der Waals surface area contributed by atoms with E-state index in [4.69, 9.17) is 4.74 Å². The number of hydrogen-bond acceptors (Lipinski definition) is 5. The lowest BCUT2D eigenvalue weighted by Crippen LogP contribution is -2.26. The van der Waals surface area contributed by atoms with E-state index < -0.39 is 0 Å². The van der Waals surface area contributed by atoms with E-state index in [0.717, 1.165) is 34.9 Å². The van der Waals surface area contributed by atoms with Gasteiger partial charge in [-0.3, -0.25) is 4.68 Å².